The first kappa shape index (κ1) is 21.9. The van der Waals surface area contributed by atoms with Gasteiger partial charge in [0.05, 0.1) is 18.1 Å². The van der Waals surface area contributed by atoms with E-state index in [2.05, 4.69) is 41.7 Å². The van der Waals surface area contributed by atoms with Crippen molar-refractivity contribution in [2.24, 2.45) is 4.74 Å². The van der Waals surface area contributed by atoms with Crippen molar-refractivity contribution in [2.75, 3.05) is 6.54 Å². The summed E-state index contributed by atoms with van der Waals surface area (Å²) >= 11 is 0. The summed E-state index contributed by atoms with van der Waals surface area (Å²) in [5.74, 6) is 0.400. The van der Waals surface area contributed by atoms with Crippen molar-refractivity contribution in [1.29, 1.82) is 0 Å². The minimum atomic E-state index is -2.55. The summed E-state index contributed by atoms with van der Waals surface area (Å²) < 4.78 is 7.04. The van der Waals surface area contributed by atoms with Gasteiger partial charge in [-0.2, -0.15) is 0 Å². The van der Waals surface area contributed by atoms with Gasteiger partial charge in [0, 0.05) is 22.5 Å². The molecule has 5 nitrogen and oxygen atoms in total. The first-order valence-electron chi connectivity index (χ1n) is 11.3. The van der Waals surface area contributed by atoms with Crippen LogP contribution in [0, 0.1) is 0 Å². The normalized spacial score (nSPS) is 11.3. The molecule has 1 aromatic heterocycles. The average Bonchev–Trinajstić information content (AvgIpc) is 3.27. The van der Waals surface area contributed by atoms with Crippen LogP contribution in [0.2, 0.25) is 0 Å². The Bertz CT molecular complexity index is 1380. The highest BCUT2D eigenvalue weighted by Gasteiger charge is 2.29. The van der Waals surface area contributed by atoms with E-state index in [1.807, 2.05) is 85.8 Å². The number of benzene rings is 4. The van der Waals surface area contributed by atoms with E-state index < -0.39 is 7.05 Å². The maximum atomic E-state index is 13.2. The lowest BCUT2D eigenvalue weighted by molar-refractivity contribution is 0.244. The summed E-state index contributed by atoms with van der Waals surface area (Å²) in [6.07, 6.45) is 0. The van der Waals surface area contributed by atoms with E-state index in [1.165, 1.54) is 0 Å². The Morgan fingerprint density at radius 3 is 1.74 bits per heavy atom. The molecule has 0 atom stereocenters. The minimum Gasteiger partial charge on any atom is -0.338 e. The highest BCUT2D eigenvalue weighted by Crippen LogP contribution is 2.49. The molecule has 34 heavy (non-hydrogen) atoms. The van der Waals surface area contributed by atoms with Crippen molar-refractivity contribution in [3.05, 3.63) is 115 Å². The quantitative estimate of drug-likeness (QED) is 0.353. The first-order chi connectivity index (χ1) is 16.7. The molecule has 0 unspecified atom stereocenters. The van der Waals surface area contributed by atoms with Crippen LogP contribution in [0.15, 0.2) is 120 Å². The van der Waals surface area contributed by atoms with Gasteiger partial charge in [-0.15, -0.1) is 0 Å². The summed E-state index contributed by atoms with van der Waals surface area (Å²) in [7, 11) is -2.55. The lowest BCUT2D eigenvalue weighted by Crippen LogP contribution is -2.28. The van der Waals surface area contributed by atoms with Crippen LogP contribution in [0.1, 0.15) is 6.92 Å². The Morgan fingerprint density at radius 1 is 0.765 bits per heavy atom. The topological polar surface area (TPSA) is 59.3 Å². The number of hydrogen-bond donors (Lipinski definition) is 1. The number of nitrogens with one attached hydrogen (secondary N) is 1. The Labute approximate surface area is 199 Å². The zero-order valence-corrected chi connectivity index (χ0v) is 19.8. The number of para-hydroxylation sites is 2. The zero-order chi connectivity index (χ0) is 23.4. The van der Waals surface area contributed by atoms with Crippen LogP contribution in [-0.2, 0) is 0 Å². The lowest BCUT2D eigenvalue weighted by Gasteiger charge is -2.26. The average molecular weight is 465 g/mol. The van der Waals surface area contributed by atoms with Crippen LogP contribution in [-0.4, -0.2) is 22.1 Å². The highest BCUT2D eigenvalue weighted by molar-refractivity contribution is 7.87. The second kappa shape index (κ2) is 9.50. The third-order valence-electron chi connectivity index (χ3n) is 5.70. The summed E-state index contributed by atoms with van der Waals surface area (Å²) in [6, 6.07) is 38.4. The third-order valence-corrected chi connectivity index (χ3v) is 9.32. The SMILES string of the molecule is CCNC(=O)n1c(N=P(c2ccccc2)(c2ccccc2)c2ccccc2)nc2ccccc21. The summed E-state index contributed by atoms with van der Waals surface area (Å²) in [6.45, 7) is 2.42. The van der Waals surface area contributed by atoms with Gasteiger partial charge in [-0.25, -0.2) is 19.1 Å². The Kier molecular flexibility index (Phi) is 6.11. The fourth-order valence-electron chi connectivity index (χ4n) is 4.20. The van der Waals surface area contributed by atoms with Gasteiger partial charge in [-0.1, -0.05) is 103 Å². The molecule has 4 aromatic carbocycles. The number of amides is 1. The van der Waals surface area contributed by atoms with E-state index in [0.29, 0.717) is 12.5 Å². The fraction of sp³-hybridized carbons (Fsp3) is 0.0714. The van der Waals surface area contributed by atoms with Gasteiger partial charge >= 0.3 is 6.03 Å². The van der Waals surface area contributed by atoms with Crippen LogP contribution in [0.25, 0.3) is 11.0 Å². The highest BCUT2D eigenvalue weighted by atomic mass is 31.2. The molecule has 1 amide bonds. The van der Waals surface area contributed by atoms with Gasteiger partial charge in [-0.3, -0.25) is 0 Å². The number of nitrogens with zero attached hydrogens (tertiary/aromatic N) is 3. The van der Waals surface area contributed by atoms with Crippen molar-refractivity contribution in [2.45, 2.75) is 6.92 Å². The number of fused-ring (bicyclic) bond motifs is 1. The van der Waals surface area contributed by atoms with E-state index in [-0.39, 0.29) is 6.03 Å². The van der Waals surface area contributed by atoms with Crippen LogP contribution in [0.4, 0.5) is 10.7 Å². The predicted molar refractivity (Wildman–Crippen MR) is 141 cm³/mol. The van der Waals surface area contributed by atoms with Gasteiger partial charge in [-0.05, 0) is 19.1 Å². The molecule has 0 fully saturated rings. The molecular weight excluding hydrogens is 439 g/mol. The van der Waals surface area contributed by atoms with Crippen LogP contribution >= 0.6 is 7.05 Å². The van der Waals surface area contributed by atoms with Gasteiger partial charge in [0.15, 0.2) is 0 Å². The summed E-state index contributed by atoms with van der Waals surface area (Å²) in [5, 5.41) is 6.22. The molecule has 0 spiro atoms. The Morgan fingerprint density at radius 2 is 1.24 bits per heavy atom. The maximum Gasteiger partial charge on any atom is 0.328 e. The van der Waals surface area contributed by atoms with Crippen molar-refractivity contribution < 1.29 is 4.79 Å². The van der Waals surface area contributed by atoms with E-state index in [1.54, 1.807) is 4.57 Å². The molecule has 0 aliphatic heterocycles. The molecular formula is C28H25N4OP. The van der Waals surface area contributed by atoms with Gasteiger partial charge in [0.25, 0.3) is 0 Å². The molecule has 1 N–H and O–H groups in total. The summed E-state index contributed by atoms with van der Waals surface area (Å²) in [4.78, 5) is 18.0. The van der Waals surface area contributed by atoms with Gasteiger partial charge in [0.2, 0.25) is 5.95 Å². The smallest absolute Gasteiger partial charge is 0.328 e. The second-order valence-corrected chi connectivity index (χ2v) is 10.8. The number of imidazole rings is 1. The van der Waals surface area contributed by atoms with Gasteiger partial charge < -0.3 is 5.32 Å². The molecule has 0 aliphatic rings. The Hall–Kier alpha value is -3.95. The maximum absolute atomic E-state index is 13.2. The van der Waals surface area contributed by atoms with E-state index in [0.717, 1.165) is 26.9 Å². The number of aromatic nitrogens is 2. The monoisotopic (exact) mass is 464 g/mol. The lowest BCUT2D eigenvalue weighted by atomic mass is 10.3. The number of rotatable bonds is 5. The van der Waals surface area contributed by atoms with Gasteiger partial charge in [0.1, 0.15) is 0 Å². The number of carbonyl (C=O) groups excluding carboxylic acids is 1. The predicted octanol–water partition coefficient (Wildman–Crippen LogP) is 5.42. The molecule has 0 bridgehead atoms. The van der Waals surface area contributed by atoms with Crippen molar-refractivity contribution in [3.8, 4) is 0 Å². The first-order valence-corrected chi connectivity index (χ1v) is 13.0. The molecule has 5 aromatic rings. The van der Waals surface area contributed by atoms with Crippen molar-refractivity contribution in [1.82, 2.24) is 14.9 Å². The van der Waals surface area contributed by atoms with Crippen LogP contribution < -0.4 is 21.2 Å². The molecule has 5 rings (SSSR count). The number of carbonyl (C=O) groups is 1. The van der Waals surface area contributed by atoms with E-state index in [9.17, 15) is 4.79 Å². The third kappa shape index (κ3) is 3.85. The Balaban J connectivity index is 1.93. The molecule has 0 aliphatic carbocycles. The molecule has 168 valence electrons. The standard InChI is InChI=1S/C28H25N4OP/c1-2-29-28(33)32-26-21-13-12-20-25(26)30-27(32)31-34(22-14-6-3-7-15-22,23-16-8-4-9-17-23)24-18-10-5-11-19-24/h3-21H,2H2,1H3,(H,29,33). The second-order valence-electron chi connectivity index (χ2n) is 7.81. The van der Waals surface area contributed by atoms with E-state index in [4.69, 9.17) is 9.73 Å². The minimum absolute atomic E-state index is 0.234. The molecule has 6 heteroatoms. The van der Waals surface area contributed by atoms with Crippen LogP contribution in [0.5, 0.6) is 0 Å². The molecule has 0 saturated carbocycles. The zero-order valence-electron chi connectivity index (χ0n) is 18.9. The number of hydrogen-bond acceptors (Lipinski definition) is 3. The molecule has 0 radical (unpaired) electrons. The largest absolute Gasteiger partial charge is 0.338 e. The fourth-order valence-corrected chi connectivity index (χ4v) is 7.65. The summed E-state index contributed by atoms with van der Waals surface area (Å²) in [5.41, 5.74) is 1.47. The van der Waals surface area contributed by atoms with Crippen molar-refractivity contribution in [3.63, 3.8) is 0 Å². The van der Waals surface area contributed by atoms with E-state index >= 15 is 0 Å². The molecule has 0 saturated heterocycles. The van der Waals surface area contributed by atoms with Crippen molar-refractivity contribution >= 4 is 46.0 Å². The molecule has 1 heterocycles. The van der Waals surface area contributed by atoms with Crippen LogP contribution in [0.3, 0.4) is 0 Å².